The van der Waals surface area contributed by atoms with Crippen molar-refractivity contribution in [3.05, 3.63) is 83.4 Å². The topological polar surface area (TPSA) is 112 Å². The summed E-state index contributed by atoms with van der Waals surface area (Å²) in [4.78, 5) is 36.4. The summed E-state index contributed by atoms with van der Waals surface area (Å²) in [5.74, 6) is 0.953. The number of carbonyl (C=O) groups is 3. The minimum absolute atomic E-state index is 0.164. The van der Waals surface area contributed by atoms with Crippen molar-refractivity contribution < 1.29 is 33.3 Å². The highest BCUT2D eigenvalue weighted by Gasteiger charge is 2.11. The molecule has 0 aliphatic heterocycles. The van der Waals surface area contributed by atoms with E-state index in [1.165, 1.54) is 12.1 Å². The summed E-state index contributed by atoms with van der Waals surface area (Å²) in [5, 5.41) is 5.70. The quantitative estimate of drug-likeness (QED) is 0.320. The maximum atomic E-state index is 12.5. The maximum absolute atomic E-state index is 12.5. The summed E-state index contributed by atoms with van der Waals surface area (Å²) in [6, 6.07) is 18.7. The van der Waals surface area contributed by atoms with Gasteiger partial charge in [0, 0.05) is 17.8 Å². The summed E-state index contributed by atoms with van der Waals surface area (Å²) in [5.41, 5.74) is 2.63. The summed E-state index contributed by atoms with van der Waals surface area (Å²) in [7, 11) is 3.10. The van der Waals surface area contributed by atoms with Crippen LogP contribution in [0.4, 0.5) is 10.5 Å². The van der Waals surface area contributed by atoms with Crippen LogP contribution in [0.2, 0.25) is 0 Å². The van der Waals surface area contributed by atoms with Crippen LogP contribution in [0.3, 0.4) is 0 Å². The third-order valence-electron chi connectivity index (χ3n) is 5.06. The number of ether oxygens (including phenoxy) is 4. The third-order valence-corrected chi connectivity index (χ3v) is 5.06. The van der Waals surface area contributed by atoms with Crippen LogP contribution in [0.25, 0.3) is 0 Å². The Morgan fingerprint density at radius 1 is 0.833 bits per heavy atom. The van der Waals surface area contributed by atoms with Crippen molar-refractivity contribution in [3.63, 3.8) is 0 Å². The lowest BCUT2D eigenvalue weighted by Crippen LogP contribution is -2.23. The molecule has 36 heavy (non-hydrogen) atoms. The standard InChI is InChI=1S/C27H28N2O7/c1-4-35-27(32)36-22-11-9-20(10-12-22)26(31)28-17-19-6-5-7-21(14-19)29-25(30)16-18-8-13-23(33-2)24(15-18)34-3/h5-15H,4,16-17H2,1-3H3,(H,28,31)(H,29,30). The van der Waals surface area contributed by atoms with Gasteiger partial charge in [-0.2, -0.15) is 0 Å². The number of rotatable bonds is 10. The SMILES string of the molecule is CCOC(=O)Oc1ccc(C(=O)NCc2cccc(NC(=O)Cc3ccc(OC)c(OC)c3)c2)cc1. The molecule has 0 aliphatic carbocycles. The molecule has 0 saturated carbocycles. The molecule has 3 rings (SSSR count). The van der Waals surface area contributed by atoms with Gasteiger partial charge in [-0.15, -0.1) is 0 Å². The molecule has 2 amide bonds. The fourth-order valence-corrected chi connectivity index (χ4v) is 3.34. The van der Waals surface area contributed by atoms with E-state index >= 15 is 0 Å². The van der Waals surface area contributed by atoms with E-state index in [2.05, 4.69) is 10.6 Å². The zero-order chi connectivity index (χ0) is 25.9. The van der Waals surface area contributed by atoms with Crippen molar-refractivity contribution >= 4 is 23.7 Å². The molecule has 0 spiro atoms. The molecule has 0 aromatic heterocycles. The molecule has 0 aliphatic rings. The Kier molecular flexibility index (Phi) is 9.27. The third kappa shape index (κ3) is 7.49. The first-order chi connectivity index (χ1) is 17.4. The van der Waals surface area contributed by atoms with Crippen molar-refractivity contribution in [3.8, 4) is 17.2 Å². The first kappa shape index (κ1) is 26.1. The molecule has 0 radical (unpaired) electrons. The second kappa shape index (κ2) is 12.8. The number of carbonyl (C=O) groups excluding carboxylic acids is 3. The lowest BCUT2D eigenvalue weighted by Gasteiger charge is -2.11. The summed E-state index contributed by atoms with van der Waals surface area (Å²) in [6.07, 6.45) is -0.637. The van der Waals surface area contributed by atoms with E-state index in [4.69, 9.17) is 18.9 Å². The second-order valence-electron chi connectivity index (χ2n) is 7.61. The van der Waals surface area contributed by atoms with E-state index in [0.717, 1.165) is 11.1 Å². The largest absolute Gasteiger partial charge is 0.513 e. The minimum atomic E-state index is -0.801. The Hall–Kier alpha value is -4.53. The lowest BCUT2D eigenvalue weighted by molar-refractivity contribution is -0.115. The molecule has 3 aromatic rings. The van der Waals surface area contributed by atoms with Crippen molar-refractivity contribution in [1.29, 1.82) is 0 Å². The van der Waals surface area contributed by atoms with Gasteiger partial charge in [0.2, 0.25) is 5.91 Å². The van der Waals surface area contributed by atoms with E-state index in [1.54, 1.807) is 63.6 Å². The molecular formula is C27H28N2O7. The van der Waals surface area contributed by atoms with Crippen LogP contribution in [-0.2, 0) is 22.5 Å². The molecular weight excluding hydrogens is 464 g/mol. The Morgan fingerprint density at radius 3 is 2.28 bits per heavy atom. The monoisotopic (exact) mass is 492 g/mol. The Bertz CT molecular complexity index is 1210. The average molecular weight is 493 g/mol. The van der Waals surface area contributed by atoms with Crippen molar-refractivity contribution in [2.24, 2.45) is 0 Å². The van der Waals surface area contributed by atoms with Crippen LogP contribution in [0, 0.1) is 0 Å². The molecule has 3 aromatic carbocycles. The Balaban J connectivity index is 1.53. The van der Waals surface area contributed by atoms with Crippen LogP contribution in [0.15, 0.2) is 66.7 Å². The Labute approximate surface area is 209 Å². The first-order valence-corrected chi connectivity index (χ1v) is 11.2. The predicted octanol–water partition coefficient (Wildman–Crippen LogP) is 4.35. The van der Waals surface area contributed by atoms with Gasteiger partial charge in [0.15, 0.2) is 11.5 Å². The van der Waals surface area contributed by atoms with Gasteiger partial charge >= 0.3 is 6.16 Å². The summed E-state index contributed by atoms with van der Waals surface area (Å²) < 4.78 is 20.2. The van der Waals surface area contributed by atoms with Crippen molar-refractivity contribution in [1.82, 2.24) is 5.32 Å². The summed E-state index contributed by atoms with van der Waals surface area (Å²) >= 11 is 0. The maximum Gasteiger partial charge on any atom is 0.513 e. The van der Waals surface area contributed by atoms with Gasteiger partial charge in [-0.25, -0.2) is 4.79 Å². The molecule has 0 atom stereocenters. The number of amides is 2. The van der Waals surface area contributed by atoms with Crippen LogP contribution >= 0.6 is 0 Å². The average Bonchev–Trinajstić information content (AvgIpc) is 2.88. The van der Waals surface area contributed by atoms with Gasteiger partial charge < -0.3 is 29.6 Å². The van der Waals surface area contributed by atoms with Crippen LogP contribution in [-0.4, -0.2) is 38.8 Å². The van der Waals surface area contributed by atoms with E-state index in [-0.39, 0.29) is 37.1 Å². The van der Waals surface area contributed by atoms with E-state index in [1.807, 2.05) is 12.1 Å². The van der Waals surface area contributed by atoms with E-state index in [9.17, 15) is 14.4 Å². The number of anilines is 1. The number of nitrogens with one attached hydrogen (secondary N) is 2. The van der Waals surface area contributed by atoms with Gasteiger partial charge in [-0.05, 0) is 66.6 Å². The predicted molar refractivity (Wildman–Crippen MR) is 134 cm³/mol. The van der Waals surface area contributed by atoms with Crippen LogP contribution < -0.4 is 24.8 Å². The molecule has 0 fully saturated rings. The number of methoxy groups -OCH3 is 2. The highest BCUT2D eigenvalue weighted by atomic mass is 16.7. The van der Waals surface area contributed by atoms with Gasteiger partial charge in [0.25, 0.3) is 5.91 Å². The van der Waals surface area contributed by atoms with Crippen molar-refractivity contribution in [2.45, 2.75) is 19.9 Å². The van der Waals surface area contributed by atoms with Crippen LogP contribution in [0.5, 0.6) is 17.2 Å². The second-order valence-corrected chi connectivity index (χ2v) is 7.61. The number of benzene rings is 3. The smallest absolute Gasteiger partial charge is 0.493 e. The lowest BCUT2D eigenvalue weighted by atomic mass is 10.1. The molecule has 0 saturated heterocycles. The number of hydrogen-bond donors (Lipinski definition) is 2. The van der Waals surface area contributed by atoms with E-state index in [0.29, 0.717) is 22.7 Å². The van der Waals surface area contributed by atoms with Crippen molar-refractivity contribution in [2.75, 3.05) is 26.1 Å². The molecule has 0 unspecified atom stereocenters. The van der Waals surface area contributed by atoms with Gasteiger partial charge in [-0.1, -0.05) is 18.2 Å². The molecule has 9 heteroatoms. The number of hydrogen-bond acceptors (Lipinski definition) is 7. The van der Waals surface area contributed by atoms with Gasteiger partial charge in [-0.3, -0.25) is 9.59 Å². The highest BCUT2D eigenvalue weighted by molar-refractivity contribution is 5.94. The highest BCUT2D eigenvalue weighted by Crippen LogP contribution is 2.27. The van der Waals surface area contributed by atoms with Crippen LogP contribution in [0.1, 0.15) is 28.4 Å². The zero-order valence-corrected chi connectivity index (χ0v) is 20.3. The van der Waals surface area contributed by atoms with Gasteiger partial charge in [0.1, 0.15) is 5.75 Å². The van der Waals surface area contributed by atoms with Gasteiger partial charge in [0.05, 0.1) is 27.2 Å². The first-order valence-electron chi connectivity index (χ1n) is 11.2. The minimum Gasteiger partial charge on any atom is -0.493 e. The molecule has 0 heterocycles. The molecule has 2 N–H and O–H groups in total. The Morgan fingerprint density at radius 2 is 1.58 bits per heavy atom. The fourth-order valence-electron chi connectivity index (χ4n) is 3.34. The van der Waals surface area contributed by atoms with E-state index < -0.39 is 6.16 Å². The normalized spacial score (nSPS) is 10.2. The summed E-state index contributed by atoms with van der Waals surface area (Å²) in [6.45, 7) is 2.15. The molecule has 0 bridgehead atoms. The zero-order valence-electron chi connectivity index (χ0n) is 20.3. The fraction of sp³-hybridized carbons (Fsp3) is 0.222. The molecule has 188 valence electrons. The molecule has 9 nitrogen and oxygen atoms in total.